The van der Waals surface area contributed by atoms with Gasteiger partial charge < -0.3 is 25.6 Å². The molecule has 2 aliphatic heterocycles. The van der Waals surface area contributed by atoms with Gasteiger partial charge in [0.1, 0.15) is 5.75 Å². The van der Waals surface area contributed by atoms with E-state index in [1.54, 1.807) is 49.6 Å². The van der Waals surface area contributed by atoms with Crippen molar-refractivity contribution in [3.8, 4) is 5.75 Å². The summed E-state index contributed by atoms with van der Waals surface area (Å²) in [5.74, 6) is 0.467. The number of aromatic nitrogens is 2. The molecule has 0 spiro atoms. The molecule has 172 valence electrons. The zero-order valence-electron chi connectivity index (χ0n) is 18.7. The Bertz CT molecular complexity index is 1180. The maximum atomic E-state index is 13.0. The van der Waals surface area contributed by atoms with Crippen molar-refractivity contribution in [3.05, 3.63) is 48.2 Å². The molecule has 2 fully saturated rings. The minimum atomic E-state index is -0.390. The lowest BCUT2D eigenvalue weighted by atomic mass is 9.98. The summed E-state index contributed by atoms with van der Waals surface area (Å²) in [4.78, 5) is 27.9. The van der Waals surface area contributed by atoms with E-state index in [-0.39, 0.29) is 18.0 Å². The van der Waals surface area contributed by atoms with E-state index >= 15 is 0 Å². The van der Waals surface area contributed by atoms with Gasteiger partial charge in [0.15, 0.2) is 5.69 Å². The summed E-state index contributed by atoms with van der Waals surface area (Å²) in [5.41, 5.74) is 2.26. The van der Waals surface area contributed by atoms with Crippen LogP contribution in [0.5, 0.6) is 5.75 Å². The second-order valence-electron chi connectivity index (χ2n) is 8.84. The number of piperidine rings is 1. The van der Waals surface area contributed by atoms with Crippen molar-refractivity contribution in [2.45, 2.75) is 43.8 Å². The van der Waals surface area contributed by atoms with Crippen LogP contribution in [-0.4, -0.2) is 59.3 Å². The fraction of sp³-hybridized carbons (Fsp3) is 0.375. The molecule has 3 heterocycles. The standard InChI is InChI=1S/C24H28N6O3/c1-30-17-7-8-18(30)11-16(10-17)25-23(31)22-20-13-15(6-9-21(20)28-29-22)27-24(32)26-14-4-3-5-19(12-14)33-2/h3-6,9,12-13,16-18H,7-8,10-11H2,1-2H3,(H,25,31)(H,28,29)(H2,26,27,32)/t16?,17-,18+. The van der Waals surface area contributed by atoms with Gasteiger partial charge in [-0.25, -0.2) is 4.79 Å². The smallest absolute Gasteiger partial charge is 0.323 e. The molecular formula is C24H28N6O3. The molecule has 2 aliphatic rings. The number of carbonyl (C=O) groups is 2. The number of nitrogens with zero attached hydrogens (tertiary/aromatic N) is 2. The van der Waals surface area contributed by atoms with E-state index in [4.69, 9.17) is 4.74 Å². The number of amides is 3. The zero-order chi connectivity index (χ0) is 22.9. The van der Waals surface area contributed by atoms with E-state index in [9.17, 15) is 9.59 Å². The number of aromatic amines is 1. The second kappa shape index (κ2) is 8.74. The lowest BCUT2D eigenvalue weighted by Gasteiger charge is -2.36. The maximum absolute atomic E-state index is 13.0. The number of nitrogens with one attached hydrogen (secondary N) is 4. The fourth-order valence-electron chi connectivity index (χ4n) is 5.04. The highest BCUT2D eigenvalue weighted by atomic mass is 16.5. The molecule has 2 aromatic carbocycles. The Kier molecular flexibility index (Phi) is 5.63. The molecule has 1 aromatic heterocycles. The summed E-state index contributed by atoms with van der Waals surface area (Å²) in [6, 6.07) is 13.3. The van der Waals surface area contributed by atoms with Gasteiger partial charge >= 0.3 is 6.03 Å². The lowest BCUT2D eigenvalue weighted by molar-refractivity contribution is 0.0879. The number of hydrogen-bond acceptors (Lipinski definition) is 5. The molecule has 0 saturated carbocycles. The van der Waals surface area contributed by atoms with Crippen molar-refractivity contribution in [1.82, 2.24) is 20.4 Å². The predicted octanol–water partition coefficient (Wildman–Crippen LogP) is 3.57. The first kappa shape index (κ1) is 21.3. The van der Waals surface area contributed by atoms with E-state index in [1.807, 2.05) is 0 Å². The molecule has 2 bridgehead atoms. The van der Waals surface area contributed by atoms with Gasteiger partial charge in [0, 0.05) is 41.0 Å². The third-order valence-electron chi connectivity index (χ3n) is 6.80. The quantitative estimate of drug-likeness (QED) is 0.477. The predicted molar refractivity (Wildman–Crippen MR) is 127 cm³/mol. The van der Waals surface area contributed by atoms with Crippen LogP contribution in [0.2, 0.25) is 0 Å². The average molecular weight is 449 g/mol. The molecule has 2 saturated heterocycles. The normalized spacial score (nSPS) is 22.2. The van der Waals surface area contributed by atoms with Crippen LogP contribution in [0.3, 0.4) is 0 Å². The van der Waals surface area contributed by atoms with Crippen LogP contribution >= 0.6 is 0 Å². The van der Waals surface area contributed by atoms with Gasteiger partial charge in [-0.1, -0.05) is 6.07 Å². The van der Waals surface area contributed by atoms with Crippen molar-refractivity contribution in [2.24, 2.45) is 0 Å². The SMILES string of the molecule is COc1cccc(NC(=O)Nc2ccc3[nH]nc(C(=O)NC4C[C@H]5CC[C@@H](C4)N5C)c3c2)c1. The molecule has 33 heavy (non-hydrogen) atoms. The van der Waals surface area contributed by atoms with Gasteiger partial charge in [-0.2, -0.15) is 5.10 Å². The number of H-pyrrole nitrogens is 1. The van der Waals surface area contributed by atoms with Crippen LogP contribution in [0.25, 0.3) is 10.9 Å². The molecule has 5 rings (SSSR count). The van der Waals surface area contributed by atoms with Crippen molar-refractivity contribution in [2.75, 3.05) is 24.8 Å². The summed E-state index contributed by atoms with van der Waals surface area (Å²) in [6.07, 6.45) is 4.34. The van der Waals surface area contributed by atoms with Crippen LogP contribution in [0.1, 0.15) is 36.2 Å². The maximum Gasteiger partial charge on any atom is 0.323 e. The largest absolute Gasteiger partial charge is 0.497 e. The number of methoxy groups -OCH3 is 1. The Labute approximate surface area is 191 Å². The average Bonchev–Trinajstić information content (AvgIpc) is 3.29. The molecule has 1 unspecified atom stereocenters. The molecule has 3 atom stereocenters. The highest BCUT2D eigenvalue weighted by Gasteiger charge is 2.39. The van der Waals surface area contributed by atoms with E-state index in [0.717, 1.165) is 18.4 Å². The van der Waals surface area contributed by atoms with Gasteiger partial charge in [0.05, 0.1) is 12.6 Å². The van der Waals surface area contributed by atoms with E-state index in [0.29, 0.717) is 40.3 Å². The summed E-state index contributed by atoms with van der Waals surface area (Å²) in [6.45, 7) is 0. The van der Waals surface area contributed by atoms with Gasteiger partial charge in [0.25, 0.3) is 5.91 Å². The van der Waals surface area contributed by atoms with Crippen molar-refractivity contribution in [3.63, 3.8) is 0 Å². The first-order valence-corrected chi connectivity index (χ1v) is 11.2. The third kappa shape index (κ3) is 4.36. The molecule has 9 nitrogen and oxygen atoms in total. The number of carbonyl (C=O) groups excluding carboxylic acids is 2. The van der Waals surface area contributed by atoms with Crippen LogP contribution in [-0.2, 0) is 0 Å². The van der Waals surface area contributed by atoms with Crippen LogP contribution in [0.4, 0.5) is 16.2 Å². The first-order valence-electron chi connectivity index (χ1n) is 11.2. The van der Waals surface area contributed by atoms with Crippen LogP contribution in [0, 0.1) is 0 Å². The summed E-state index contributed by atoms with van der Waals surface area (Å²) in [7, 11) is 3.75. The van der Waals surface area contributed by atoms with Crippen molar-refractivity contribution >= 4 is 34.2 Å². The van der Waals surface area contributed by atoms with E-state index < -0.39 is 0 Å². The number of anilines is 2. The summed E-state index contributed by atoms with van der Waals surface area (Å²) >= 11 is 0. The number of rotatable bonds is 5. The molecule has 0 radical (unpaired) electrons. The second-order valence-corrected chi connectivity index (χ2v) is 8.84. The first-order chi connectivity index (χ1) is 16.0. The number of fused-ring (bicyclic) bond motifs is 3. The Hall–Kier alpha value is -3.59. The van der Waals surface area contributed by atoms with Gasteiger partial charge in [0.2, 0.25) is 0 Å². The van der Waals surface area contributed by atoms with Crippen LogP contribution in [0.15, 0.2) is 42.5 Å². The van der Waals surface area contributed by atoms with E-state index in [1.165, 1.54) is 12.8 Å². The number of hydrogen-bond donors (Lipinski definition) is 4. The lowest BCUT2D eigenvalue weighted by Crippen LogP contribution is -2.48. The molecule has 3 aromatic rings. The Balaban J connectivity index is 1.27. The zero-order valence-corrected chi connectivity index (χ0v) is 18.7. The Morgan fingerprint density at radius 1 is 1.06 bits per heavy atom. The number of ether oxygens (including phenoxy) is 1. The molecule has 4 N–H and O–H groups in total. The fourth-order valence-corrected chi connectivity index (χ4v) is 5.04. The van der Waals surface area contributed by atoms with Crippen molar-refractivity contribution in [1.29, 1.82) is 0 Å². The highest BCUT2D eigenvalue weighted by molar-refractivity contribution is 6.07. The highest BCUT2D eigenvalue weighted by Crippen LogP contribution is 2.34. The van der Waals surface area contributed by atoms with Crippen LogP contribution < -0.4 is 20.7 Å². The Morgan fingerprint density at radius 3 is 2.52 bits per heavy atom. The van der Waals surface area contributed by atoms with Crippen molar-refractivity contribution < 1.29 is 14.3 Å². The minimum absolute atomic E-state index is 0.160. The topological polar surface area (TPSA) is 111 Å². The van der Waals surface area contributed by atoms with Gasteiger partial charge in [-0.3, -0.25) is 9.89 Å². The van der Waals surface area contributed by atoms with E-state index in [2.05, 4.69) is 38.1 Å². The third-order valence-corrected chi connectivity index (χ3v) is 6.80. The number of benzene rings is 2. The van der Waals surface area contributed by atoms with Gasteiger partial charge in [-0.05, 0) is 63.1 Å². The minimum Gasteiger partial charge on any atom is -0.497 e. The summed E-state index contributed by atoms with van der Waals surface area (Å²) in [5, 5.41) is 16.6. The Morgan fingerprint density at radius 2 is 1.79 bits per heavy atom. The summed E-state index contributed by atoms with van der Waals surface area (Å²) < 4.78 is 5.18. The molecular weight excluding hydrogens is 420 g/mol. The molecule has 3 amide bonds. The molecule has 0 aliphatic carbocycles. The van der Waals surface area contributed by atoms with Gasteiger partial charge in [-0.15, -0.1) is 0 Å². The number of urea groups is 1. The monoisotopic (exact) mass is 448 g/mol. The molecule has 9 heteroatoms.